The van der Waals surface area contributed by atoms with E-state index < -0.39 is 11.8 Å². The molecular weight excluding hydrogens is 280 g/mol. The molecule has 0 saturated heterocycles. The fourth-order valence-electron chi connectivity index (χ4n) is 2.06. The third-order valence-electron chi connectivity index (χ3n) is 3.14. The first kappa shape index (κ1) is 15.8. The van der Waals surface area contributed by atoms with Gasteiger partial charge in [-0.15, -0.1) is 0 Å². The van der Waals surface area contributed by atoms with Crippen molar-refractivity contribution in [2.45, 2.75) is 20.5 Å². The normalized spacial score (nSPS) is 10.1. The van der Waals surface area contributed by atoms with Gasteiger partial charge in [0.15, 0.2) is 0 Å². The van der Waals surface area contributed by atoms with E-state index in [0.717, 1.165) is 11.1 Å². The van der Waals surface area contributed by atoms with E-state index in [1.54, 1.807) is 19.1 Å². The summed E-state index contributed by atoms with van der Waals surface area (Å²) in [5, 5.41) is 0. The van der Waals surface area contributed by atoms with Crippen LogP contribution >= 0.6 is 0 Å². The summed E-state index contributed by atoms with van der Waals surface area (Å²) in [6, 6.07) is 14.8. The van der Waals surface area contributed by atoms with Gasteiger partial charge in [0.1, 0.15) is 12.4 Å². The molecule has 114 valence electrons. The zero-order valence-electron chi connectivity index (χ0n) is 12.7. The maximum absolute atomic E-state index is 12.2. The molecule has 22 heavy (non-hydrogen) atoms. The molecule has 0 saturated carbocycles. The van der Waals surface area contributed by atoms with Gasteiger partial charge in [0.25, 0.3) is 5.78 Å². The second-order valence-corrected chi connectivity index (χ2v) is 4.78. The number of ether oxygens (including phenoxy) is 2. The van der Waals surface area contributed by atoms with Gasteiger partial charge < -0.3 is 9.47 Å². The summed E-state index contributed by atoms with van der Waals surface area (Å²) >= 11 is 0. The number of esters is 1. The van der Waals surface area contributed by atoms with E-state index in [1.165, 1.54) is 0 Å². The van der Waals surface area contributed by atoms with Gasteiger partial charge in [-0.3, -0.25) is 4.79 Å². The van der Waals surface area contributed by atoms with Gasteiger partial charge in [-0.2, -0.15) is 0 Å². The molecule has 0 aromatic heterocycles. The number of aryl methyl sites for hydroxylation is 1. The van der Waals surface area contributed by atoms with Crippen LogP contribution in [0.25, 0.3) is 0 Å². The quantitative estimate of drug-likeness (QED) is 0.466. The van der Waals surface area contributed by atoms with Gasteiger partial charge in [-0.05, 0) is 31.0 Å². The molecule has 0 radical (unpaired) electrons. The summed E-state index contributed by atoms with van der Waals surface area (Å²) < 4.78 is 10.5. The Morgan fingerprint density at radius 3 is 2.41 bits per heavy atom. The van der Waals surface area contributed by atoms with Crippen molar-refractivity contribution >= 4 is 11.8 Å². The maximum Gasteiger partial charge on any atom is 0.379 e. The lowest BCUT2D eigenvalue weighted by molar-refractivity contribution is -0.137. The third-order valence-corrected chi connectivity index (χ3v) is 3.14. The molecule has 0 aliphatic heterocycles. The van der Waals surface area contributed by atoms with Gasteiger partial charge in [0.2, 0.25) is 0 Å². The van der Waals surface area contributed by atoms with Crippen molar-refractivity contribution in [2.24, 2.45) is 0 Å². The molecule has 0 N–H and O–H groups in total. The Balaban J connectivity index is 2.23. The molecule has 0 heterocycles. The molecule has 0 spiro atoms. The number of rotatable bonds is 6. The summed E-state index contributed by atoms with van der Waals surface area (Å²) in [4.78, 5) is 23.8. The molecule has 0 aliphatic rings. The lowest BCUT2D eigenvalue weighted by Gasteiger charge is -2.13. The smallest absolute Gasteiger partial charge is 0.379 e. The predicted molar refractivity (Wildman–Crippen MR) is 82.9 cm³/mol. The molecule has 0 atom stereocenters. The van der Waals surface area contributed by atoms with E-state index in [9.17, 15) is 9.59 Å². The Hall–Kier alpha value is -2.62. The molecule has 2 aromatic carbocycles. The molecule has 0 aliphatic carbocycles. The van der Waals surface area contributed by atoms with Crippen molar-refractivity contribution in [1.82, 2.24) is 0 Å². The first-order valence-electron chi connectivity index (χ1n) is 7.11. The molecule has 0 fully saturated rings. The highest BCUT2D eigenvalue weighted by Crippen LogP contribution is 2.25. The first-order chi connectivity index (χ1) is 10.6. The van der Waals surface area contributed by atoms with Crippen molar-refractivity contribution < 1.29 is 19.1 Å². The summed E-state index contributed by atoms with van der Waals surface area (Å²) in [6.07, 6.45) is 0. The predicted octanol–water partition coefficient (Wildman–Crippen LogP) is 3.32. The Morgan fingerprint density at radius 2 is 1.73 bits per heavy atom. The monoisotopic (exact) mass is 298 g/mol. The third kappa shape index (κ3) is 3.73. The van der Waals surface area contributed by atoms with Crippen LogP contribution in [0.2, 0.25) is 0 Å². The van der Waals surface area contributed by atoms with E-state index >= 15 is 0 Å². The molecule has 0 bridgehead atoms. The van der Waals surface area contributed by atoms with Gasteiger partial charge in [-0.25, -0.2) is 4.79 Å². The molecular formula is C18H18O4. The number of hydrogen-bond donors (Lipinski definition) is 0. The lowest BCUT2D eigenvalue weighted by Crippen LogP contribution is -2.18. The number of carbonyl (C=O) groups is 2. The number of benzene rings is 2. The molecule has 2 aromatic rings. The topological polar surface area (TPSA) is 52.6 Å². The fraction of sp³-hybridized carbons (Fsp3) is 0.222. The van der Waals surface area contributed by atoms with Crippen LogP contribution in [-0.4, -0.2) is 18.4 Å². The Morgan fingerprint density at radius 1 is 1.00 bits per heavy atom. The highest BCUT2D eigenvalue weighted by Gasteiger charge is 2.22. The number of Topliss-reactive ketones (excluding diaryl/α,β-unsaturated/α-hetero) is 1. The summed E-state index contributed by atoms with van der Waals surface area (Å²) in [6.45, 7) is 3.99. The second-order valence-electron chi connectivity index (χ2n) is 4.78. The molecule has 0 unspecified atom stereocenters. The van der Waals surface area contributed by atoms with Crippen LogP contribution in [0.3, 0.4) is 0 Å². The van der Waals surface area contributed by atoms with Gasteiger partial charge >= 0.3 is 5.97 Å². The van der Waals surface area contributed by atoms with E-state index in [4.69, 9.17) is 9.47 Å². The van der Waals surface area contributed by atoms with Crippen molar-refractivity contribution in [3.63, 3.8) is 0 Å². The van der Waals surface area contributed by atoms with E-state index in [-0.39, 0.29) is 12.2 Å². The minimum absolute atomic E-state index is 0.163. The number of hydrogen-bond acceptors (Lipinski definition) is 4. The lowest BCUT2D eigenvalue weighted by atomic mass is 10.1. The number of ketones is 1. The van der Waals surface area contributed by atoms with Gasteiger partial charge in [0, 0.05) is 0 Å². The fourth-order valence-corrected chi connectivity index (χ4v) is 2.06. The van der Waals surface area contributed by atoms with Gasteiger partial charge in [0.05, 0.1) is 12.2 Å². The van der Waals surface area contributed by atoms with Crippen LogP contribution in [-0.2, 0) is 16.1 Å². The van der Waals surface area contributed by atoms with Crippen molar-refractivity contribution in [3.05, 3.63) is 65.2 Å². The summed E-state index contributed by atoms with van der Waals surface area (Å²) in [5.74, 6) is -1.13. The van der Waals surface area contributed by atoms with E-state index in [2.05, 4.69) is 0 Å². The SMILES string of the molecule is CCOC(=O)C(=O)c1cccc(C)c1OCc1ccccc1. The van der Waals surface area contributed by atoms with Crippen molar-refractivity contribution in [1.29, 1.82) is 0 Å². The summed E-state index contributed by atoms with van der Waals surface area (Å²) in [7, 11) is 0. The largest absolute Gasteiger partial charge is 0.488 e. The Bertz CT molecular complexity index is 662. The molecule has 0 amide bonds. The Labute approximate surface area is 129 Å². The zero-order valence-corrected chi connectivity index (χ0v) is 12.7. The van der Waals surface area contributed by atoms with Crippen LogP contribution < -0.4 is 4.74 Å². The summed E-state index contributed by atoms with van der Waals surface area (Å²) in [5.41, 5.74) is 2.01. The minimum atomic E-state index is -0.863. The number of carbonyl (C=O) groups excluding carboxylic acids is 2. The highest BCUT2D eigenvalue weighted by molar-refractivity contribution is 6.41. The van der Waals surface area contributed by atoms with Crippen LogP contribution in [0.5, 0.6) is 5.75 Å². The molecule has 4 heteroatoms. The Kier molecular flexibility index (Phi) is 5.31. The first-order valence-corrected chi connectivity index (χ1v) is 7.11. The average Bonchev–Trinajstić information content (AvgIpc) is 2.54. The van der Waals surface area contributed by atoms with E-state index in [1.807, 2.05) is 43.3 Å². The van der Waals surface area contributed by atoms with Crippen LogP contribution in [0.15, 0.2) is 48.5 Å². The minimum Gasteiger partial charge on any atom is -0.488 e. The standard InChI is InChI=1S/C18H18O4/c1-3-21-18(20)16(19)15-11-7-8-13(2)17(15)22-12-14-9-5-4-6-10-14/h4-11H,3,12H2,1-2H3. The number of para-hydroxylation sites is 1. The highest BCUT2D eigenvalue weighted by atomic mass is 16.5. The van der Waals surface area contributed by atoms with Crippen molar-refractivity contribution in [3.8, 4) is 5.75 Å². The van der Waals surface area contributed by atoms with Crippen molar-refractivity contribution in [2.75, 3.05) is 6.61 Å². The zero-order chi connectivity index (χ0) is 15.9. The van der Waals surface area contributed by atoms with Gasteiger partial charge in [-0.1, -0.05) is 42.5 Å². The van der Waals surface area contributed by atoms with Crippen LogP contribution in [0, 0.1) is 6.92 Å². The average molecular weight is 298 g/mol. The van der Waals surface area contributed by atoms with Crippen LogP contribution in [0.1, 0.15) is 28.4 Å². The molecule has 2 rings (SSSR count). The molecule has 4 nitrogen and oxygen atoms in total. The maximum atomic E-state index is 12.2. The second kappa shape index (κ2) is 7.41. The van der Waals surface area contributed by atoms with E-state index in [0.29, 0.717) is 12.4 Å². The van der Waals surface area contributed by atoms with Crippen LogP contribution in [0.4, 0.5) is 0 Å².